The summed E-state index contributed by atoms with van der Waals surface area (Å²) in [4.78, 5) is 18.0. The van der Waals surface area contributed by atoms with E-state index in [0.29, 0.717) is 30.3 Å². The van der Waals surface area contributed by atoms with Gasteiger partial charge in [-0.15, -0.1) is 0 Å². The molecule has 1 heterocycles. The minimum absolute atomic E-state index is 0.147. The largest absolute Gasteiger partial charge is 0.487 e. The SMILES string of the molecule is CC(C)c1ccc2c(c1)CC[C@@H]1[C@@H]2[C@@H](C)CC[C@@]1(C)C(=O)Nc1ccc(OCc2ccccn2)cc1. The van der Waals surface area contributed by atoms with Crippen molar-refractivity contribution >= 4 is 11.6 Å². The zero-order valence-electron chi connectivity index (χ0n) is 22.0. The Morgan fingerprint density at radius 2 is 1.92 bits per heavy atom. The highest BCUT2D eigenvalue weighted by atomic mass is 16.5. The van der Waals surface area contributed by atoms with Crippen molar-refractivity contribution < 1.29 is 9.53 Å². The highest BCUT2D eigenvalue weighted by Gasteiger charge is 2.51. The van der Waals surface area contributed by atoms with Crippen LogP contribution in [0.5, 0.6) is 5.75 Å². The van der Waals surface area contributed by atoms with Gasteiger partial charge in [-0.1, -0.05) is 52.0 Å². The summed E-state index contributed by atoms with van der Waals surface area (Å²) in [6.45, 7) is 9.52. The Morgan fingerprint density at radius 3 is 2.64 bits per heavy atom. The number of fused-ring (bicyclic) bond motifs is 3. The van der Waals surface area contributed by atoms with Crippen LogP contribution in [0.4, 0.5) is 5.69 Å². The van der Waals surface area contributed by atoms with E-state index in [1.54, 1.807) is 6.20 Å². The molecule has 188 valence electrons. The second-order valence-electron chi connectivity index (χ2n) is 11.3. The van der Waals surface area contributed by atoms with E-state index in [1.807, 2.05) is 42.5 Å². The topological polar surface area (TPSA) is 51.2 Å². The first-order chi connectivity index (χ1) is 17.3. The highest BCUT2D eigenvalue weighted by Crippen LogP contribution is 2.56. The van der Waals surface area contributed by atoms with Gasteiger partial charge in [0, 0.05) is 11.9 Å². The lowest BCUT2D eigenvalue weighted by Crippen LogP contribution is -2.48. The molecule has 5 rings (SSSR count). The Hall–Kier alpha value is -3.14. The van der Waals surface area contributed by atoms with Crippen LogP contribution in [-0.2, 0) is 17.8 Å². The average molecular weight is 483 g/mol. The van der Waals surface area contributed by atoms with Crippen molar-refractivity contribution in [2.75, 3.05) is 5.32 Å². The van der Waals surface area contributed by atoms with Gasteiger partial charge in [-0.25, -0.2) is 0 Å². The normalized spacial score (nSPS) is 25.1. The van der Waals surface area contributed by atoms with E-state index in [1.165, 1.54) is 16.7 Å². The fraction of sp³-hybridized carbons (Fsp3) is 0.438. The van der Waals surface area contributed by atoms with E-state index in [2.05, 4.69) is 56.2 Å². The summed E-state index contributed by atoms with van der Waals surface area (Å²) in [6.07, 6.45) is 5.92. The van der Waals surface area contributed by atoms with Crippen molar-refractivity contribution in [1.82, 2.24) is 4.98 Å². The number of rotatable bonds is 6. The molecule has 1 amide bonds. The molecule has 2 aliphatic carbocycles. The number of benzene rings is 2. The zero-order valence-corrected chi connectivity index (χ0v) is 22.0. The van der Waals surface area contributed by atoms with E-state index in [9.17, 15) is 4.79 Å². The fourth-order valence-electron chi connectivity index (χ4n) is 6.38. The second-order valence-corrected chi connectivity index (χ2v) is 11.3. The van der Waals surface area contributed by atoms with E-state index in [-0.39, 0.29) is 11.3 Å². The summed E-state index contributed by atoms with van der Waals surface area (Å²) in [5.74, 6) is 2.85. The van der Waals surface area contributed by atoms with E-state index in [0.717, 1.165) is 42.8 Å². The number of aryl methyl sites for hydroxylation is 1. The summed E-state index contributed by atoms with van der Waals surface area (Å²) >= 11 is 0. The molecule has 2 aliphatic rings. The number of carbonyl (C=O) groups excluding carboxylic acids is 1. The van der Waals surface area contributed by atoms with Gasteiger partial charge in [-0.05, 0) is 102 Å². The van der Waals surface area contributed by atoms with Crippen LogP contribution in [0, 0.1) is 17.3 Å². The van der Waals surface area contributed by atoms with Crippen molar-refractivity contribution in [3.8, 4) is 5.75 Å². The van der Waals surface area contributed by atoms with Crippen molar-refractivity contribution in [2.45, 2.75) is 71.8 Å². The van der Waals surface area contributed by atoms with Crippen molar-refractivity contribution in [2.24, 2.45) is 17.3 Å². The van der Waals surface area contributed by atoms with Crippen LogP contribution in [0.3, 0.4) is 0 Å². The minimum Gasteiger partial charge on any atom is -0.487 e. The first-order valence-electron chi connectivity index (χ1n) is 13.4. The average Bonchev–Trinajstić information content (AvgIpc) is 2.90. The number of amides is 1. The molecule has 4 nitrogen and oxygen atoms in total. The van der Waals surface area contributed by atoms with Crippen LogP contribution in [0.1, 0.15) is 81.2 Å². The molecular formula is C32H38N2O2. The number of pyridine rings is 1. The van der Waals surface area contributed by atoms with Crippen LogP contribution < -0.4 is 10.1 Å². The summed E-state index contributed by atoms with van der Waals surface area (Å²) < 4.78 is 5.85. The monoisotopic (exact) mass is 482 g/mol. The maximum absolute atomic E-state index is 13.8. The Labute approximate surface area is 215 Å². The van der Waals surface area contributed by atoms with Crippen molar-refractivity contribution in [1.29, 1.82) is 0 Å². The molecule has 0 unspecified atom stereocenters. The van der Waals surface area contributed by atoms with Gasteiger partial charge < -0.3 is 10.1 Å². The molecule has 0 bridgehead atoms. The first-order valence-corrected chi connectivity index (χ1v) is 13.4. The Kier molecular flexibility index (Phi) is 6.87. The van der Waals surface area contributed by atoms with Gasteiger partial charge in [-0.3, -0.25) is 9.78 Å². The van der Waals surface area contributed by atoms with Gasteiger partial charge in [0.05, 0.1) is 11.1 Å². The minimum atomic E-state index is -0.375. The number of nitrogens with one attached hydrogen (secondary N) is 1. The van der Waals surface area contributed by atoms with Gasteiger partial charge in [-0.2, -0.15) is 0 Å². The van der Waals surface area contributed by atoms with Gasteiger partial charge in [0.15, 0.2) is 0 Å². The Morgan fingerprint density at radius 1 is 1.11 bits per heavy atom. The number of ether oxygens (including phenoxy) is 1. The molecule has 0 aliphatic heterocycles. The standard InChI is InChI=1S/C32H38N2O2/c1-21(2)23-8-14-28-24(19-23)9-15-29-30(28)22(3)16-17-32(29,4)31(35)34-25-10-12-27(13-11-25)36-20-26-7-5-6-18-33-26/h5-8,10-14,18-19,21-22,29-30H,9,15-17,20H2,1-4H3,(H,34,35)/t22-,29+,30+,32+/m0/s1. The zero-order chi connectivity index (χ0) is 25.3. The van der Waals surface area contributed by atoms with Crippen molar-refractivity contribution in [3.05, 3.63) is 89.2 Å². The number of nitrogens with zero attached hydrogens (tertiary/aromatic N) is 1. The van der Waals surface area contributed by atoms with Crippen LogP contribution in [0.15, 0.2) is 66.9 Å². The molecule has 0 spiro atoms. The summed E-state index contributed by atoms with van der Waals surface area (Å²) in [7, 11) is 0. The molecule has 0 saturated heterocycles. The van der Waals surface area contributed by atoms with E-state index < -0.39 is 0 Å². The Bertz CT molecular complexity index is 1200. The molecule has 1 saturated carbocycles. The molecule has 36 heavy (non-hydrogen) atoms. The maximum Gasteiger partial charge on any atom is 0.230 e. The molecule has 1 N–H and O–H groups in total. The predicted octanol–water partition coefficient (Wildman–Crippen LogP) is 7.50. The smallest absolute Gasteiger partial charge is 0.230 e. The number of hydrogen-bond donors (Lipinski definition) is 1. The van der Waals surface area contributed by atoms with Crippen molar-refractivity contribution in [3.63, 3.8) is 0 Å². The molecule has 4 atom stereocenters. The lowest BCUT2D eigenvalue weighted by atomic mass is 9.53. The number of carbonyl (C=O) groups is 1. The third-order valence-electron chi connectivity index (χ3n) is 8.65. The van der Waals surface area contributed by atoms with Gasteiger partial charge in [0.2, 0.25) is 5.91 Å². The summed E-state index contributed by atoms with van der Waals surface area (Å²) in [5, 5.41) is 3.24. The van der Waals surface area contributed by atoms with Gasteiger partial charge in [0.25, 0.3) is 0 Å². The van der Waals surface area contributed by atoms with E-state index >= 15 is 0 Å². The molecule has 1 fully saturated rings. The number of anilines is 1. The molecule has 1 aromatic heterocycles. The Balaban J connectivity index is 1.29. The summed E-state index contributed by atoms with van der Waals surface area (Å²) in [6, 6.07) is 20.6. The van der Waals surface area contributed by atoms with Gasteiger partial charge >= 0.3 is 0 Å². The van der Waals surface area contributed by atoms with Crippen LogP contribution in [0.25, 0.3) is 0 Å². The molecule has 0 radical (unpaired) electrons. The fourth-order valence-corrected chi connectivity index (χ4v) is 6.38. The van der Waals surface area contributed by atoms with Crippen LogP contribution in [0.2, 0.25) is 0 Å². The lowest BCUT2D eigenvalue weighted by molar-refractivity contribution is -0.132. The predicted molar refractivity (Wildman–Crippen MR) is 145 cm³/mol. The molecular weight excluding hydrogens is 444 g/mol. The quantitative estimate of drug-likeness (QED) is 0.396. The highest BCUT2D eigenvalue weighted by molar-refractivity contribution is 5.95. The molecule has 2 aromatic carbocycles. The van der Waals surface area contributed by atoms with Crippen LogP contribution >= 0.6 is 0 Å². The third-order valence-corrected chi connectivity index (χ3v) is 8.65. The van der Waals surface area contributed by atoms with Gasteiger partial charge in [0.1, 0.15) is 12.4 Å². The lowest BCUT2D eigenvalue weighted by Gasteiger charge is -2.51. The first kappa shape index (κ1) is 24.5. The van der Waals surface area contributed by atoms with E-state index in [4.69, 9.17) is 4.74 Å². The summed E-state index contributed by atoms with van der Waals surface area (Å²) in [5.41, 5.74) is 5.73. The number of hydrogen-bond acceptors (Lipinski definition) is 3. The molecule has 4 heteroatoms. The molecule has 3 aromatic rings. The van der Waals surface area contributed by atoms with Crippen LogP contribution in [-0.4, -0.2) is 10.9 Å². The maximum atomic E-state index is 13.8. The third kappa shape index (κ3) is 4.78. The number of aromatic nitrogens is 1. The second kappa shape index (κ2) is 10.1.